The van der Waals surface area contributed by atoms with Crippen molar-refractivity contribution in [2.24, 2.45) is 0 Å². The molecule has 1 aromatic carbocycles. The number of halogens is 1. The van der Waals surface area contributed by atoms with Gasteiger partial charge in [-0.05, 0) is 18.2 Å². The van der Waals surface area contributed by atoms with Crippen molar-refractivity contribution >= 4 is 30.0 Å². The van der Waals surface area contributed by atoms with Crippen molar-refractivity contribution < 1.29 is 13.4 Å². The minimum absolute atomic E-state index is 0.259. The van der Waals surface area contributed by atoms with E-state index in [2.05, 4.69) is 10.3 Å². The van der Waals surface area contributed by atoms with E-state index in [-0.39, 0.29) is 17.9 Å². The number of pyridine rings is 1. The number of amides is 1. The molecule has 0 aliphatic heterocycles. The minimum Gasteiger partial charge on any atom is -0.492 e. The molecule has 2 aromatic heterocycles. The van der Waals surface area contributed by atoms with Gasteiger partial charge in [-0.1, -0.05) is 18.2 Å². The summed E-state index contributed by atoms with van der Waals surface area (Å²) in [6.07, 6.45) is 4.23. The molecule has 0 aliphatic rings. The Kier molecular flexibility index (Phi) is 4.77. The van der Waals surface area contributed by atoms with Crippen LogP contribution in [0.1, 0.15) is 0 Å². The summed E-state index contributed by atoms with van der Waals surface area (Å²) in [5.74, 6) is 1.48. The molecule has 0 bridgehead atoms. The number of carbonyl (C=O) groups excluding carboxylic acids is 1. The zero-order valence-corrected chi connectivity index (χ0v) is 12.9. The first-order valence-electron chi connectivity index (χ1n) is 6.96. The van der Waals surface area contributed by atoms with Crippen LogP contribution in [0.4, 0.5) is 9.70 Å². The van der Waals surface area contributed by atoms with Crippen LogP contribution in [0.3, 0.4) is 0 Å². The van der Waals surface area contributed by atoms with E-state index in [1.165, 1.54) is 0 Å². The molecule has 0 radical (unpaired) electrons. The standard InChI is InChI=1S/C16H14FN3O2S/c17-23-8-7-22-14-4-2-1-3-13(14)12-5-6-16-19-15(18-11-21)10-20(16)9-12/h1-6,9-11H,7-8H2,(H,18,21). The molecule has 0 saturated heterocycles. The van der Waals surface area contributed by atoms with Gasteiger partial charge in [0.2, 0.25) is 6.41 Å². The van der Waals surface area contributed by atoms with Crippen LogP contribution < -0.4 is 10.1 Å². The van der Waals surface area contributed by atoms with E-state index in [0.717, 1.165) is 16.8 Å². The summed E-state index contributed by atoms with van der Waals surface area (Å²) in [6.45, 7) is 0.304. The number of hydrogen-bond donors (Lipinski definition) is 1. The predicted molar refractivity (Wildman–Crippen MR) is 89.4 cm³/mol. The molecule has 0 spiro atoms. The molecule has 0 atom stereocenters. The van der Waals surface area contributed by atoms with Crippen LogP contribution in [0.15, 0.2) is 48.8 Å². The monoisotopic (exact) mass is 331 g/mol. The van der Waals surface area contributed by atoms with Crippen molar-refractivity contribution in [3.05, 3.63) is 48.8 Å². The lowest BCUT2D eigenvalue weighted by atomic mass is 10.1. The van der Waals surface area contributed by atoms with Gasteiger partial charge in [-0.3, -0.25) is 4.79 Å². The molecular weight excluding hydrogens is 317 g/mol. The van der Waals surface area contributed by atoms with Crippen LogP contribution in [-0.2, 0) is 4.79 Å². The summed E-state index contributed by atoms with van der Waals surface area (Å²) in [6, 6.07) is 11.4. The van der Waals surface area contributed by atoms with Gasteiger partial charge in [-0.25, -0.2) is 4.98 Å². The molecule has 7 heteroatoms. The maximum atomic E-state index is 12.2. The molecule has 3 rings (SSSR count). The average molecular weight is 331 g/mol. The molecule has 118 valence electrons. The van der Waals surface area contributed by atoms with Crippen LogP contribution >= 0.6 is 12.1 Å². The Hall–Kier alpha value is -2.54. The number of ether oxygens (including phenoxy) is 1. The largest absolute Gasteiger partial charge is 0.492 e. The van der Waals surface area contributed by atoms with Crippen LogP contribution in [-0.4, -0.2) is 28.2 Å². The molecule has 0 saturated carbocycles. The molecule has 23 heavy (non-hydrogen) atoms. The van der Waals surface area contributed by atoms with Crippen molar-refractivity contribution in [3.63, 3.8) is 0 Å². The summed E-state index contributed by atoms with van der Waals surface area (Å²) in [5, 5.41) is 2.53. The second kappa shape index (κ2) is 7.15. The number of aromatic nitrogens is 2. The van der Waals surface area contributed by atoms with Gasteiger partial charge in [0.05, 0.1) is 18.6 Å². The molecular formula is C16H14FN3O2S. The Morgan fingerprint density at radius 1 is 1.26 bits per heavy atom. The maximum absolute atomic E-state index is 12.2. The van der Waals surface area contributed by atoms with Crippen molar-refractivity contribution in [3.8, 4) is 16.9 Å². The van der Waals surface area contributed by atoms with Crippen molar-refractivity contribution in [2.45, 2.75) is 0 Å². The lowest BCUT2D eigenvalue weighted by Crippen LogP contribution is -2.00. The Morgan fingerprint density at radius 3 is 2.96 bits per heavy atom. The topological polar surface area (TPSA) is 55.6 Å². The van der Waals surface area contributed by atoms with Gasteiger partial charge in [0.25, 0.3) is 0 Å². The second-order valence-electron chi connectivity index (χ2n) is 4.73. The van der Waals surface area contributed by atoms with E-state index in [1.807, 2.05) is 47.0 Å². The van der Waals surface area contributed by atoms with Gasteiger partial charge in [-0.15, -0.1) is 0 Å². The molecule has 2 heterocycles. The third-order valence-electron chi connectivity index (χ3n) is 3.27. The van der Waals surface area contributed by atoms with Gasteiger partial charge in [0, 0.05) is 29.5 Å². The fourth-order valence-electron chi connectivity index (χ4n) is 2.30. The Bertz CT molecular complexity index is 822. The number of imidazole rings is 1. The van der Waals surface area contributed by atoms with E-state index < -0.39 is 0 Å². The van der Waals surface area contributed by atoms with Gasteiger partial charge in [0.1, 0.15) is 11.4 Å². The third kappa shape index (κ3) is 3.45. The summed E-state index contributed by atoms with van der Waals surface area (Å²) >= 11 is 0.259. The van der Waals surface area contributed by atoms with Crippen molar-refractivity contribution in [1.82, 2.24) is 9.38 Å². The molecule has 0 unspecified atom stereocenters. The summed E-state index contributed by atoms with van der Waals surface area (Å²) in [4.78, 5) is 14.8. The lowest BCUT2D eigenvalue weighted by Gasteiger charge is -2.11. The van der Waals surface area contributed by atoms with E-state index in [4.69, 9.17) is 4.74 Å². The zero-order valence-electron chi connectivity index (χ0n) is 12.1. The number of para-hydroxylation sites is 1. The number of carbonyl (C=O) groups is 1. The molecule has 0 fully saturated rings. The quantitative estimate of drug-likeness (QED) is 0.531. The van der Waals surface area contributed by atoms with Crippen molar-refractivity contribution in [1.29, 1.82) is 0 Å². The number of rotatable bonds is 7. The third-order valence-corrected chi connectivity index (χ3v) is 3.59. The van der Waals surface area contributed by atoms with Crippen LogP contribution in [0.5, 0.6) is 5.75 Å². The molecule has 3 aromatic rings. The first-order chi connectivity index (χ1) is 11.3. The number of anilines is 1. The summed E-state index contributed by atoms with van der Waals surface area (Å²) in [7, 11) is 0. The fraction of sp³-hybridized carbons (Fsp3) is 0.125. The normalized spacial score (nSPS) is 10.7. The summed E-state index contributed by atoms with van der Waals surface area (Å²) < 4.78 is 19.6. The summed E-state index contributed by atoms with van der Waals surface area (Å²) in [5.41, 5.74) is 2.58. The van der Waals surface area contributed by atoms with E-state index in [0.29, 0.717) is 24.6 Å². The van der Waals surface area contributed by atoms with Crippen LogP contribution in [0.25, 0.3) is 16.8 Å². The maximum Gasteiger partial charge on any atom is 0.212 e. The Morgan fingerprint density at radius 2 is 2.13 bits per heavy atom. The smallest absolute Gasteiger partial charge is 0.212 e. The number of nitrogens with zero attached hydrogens (tertiary/aromatic N) is 2. The molecule has 1 amide bonds. The number of nitrogens with one attached hydrogen (secondary N) is 1. The molecule has 1 N–H and O–H groups in total. The first kappa shape index (κ1) is 15.4. The van der Waals surface area contributed by atoms with E-state index in [9.17, 15) is 8.68 Å². The highest BCUT2D eigenvalue weighted by atomic mass is 32.2. The Labute approximate surface area is 136 Å². The first-order valence-corrected chi connectivity index (χ1v) is 7.85. The minimum atomic E-state index is 0.259. The average Bonchev–Trinajstić information content (AvgIpc) is 2.97. The van der Waals surface area contributed by atoms with E-state index in [1.54, 1.807) is 6.20 Å². The van der Waals surface area contributed by atoms with Gasteiger partial charge in [0.15, 0.2) is 5.82 Å². The number of hydrogen-bond acceptors (Lipinski definition) is 4. The number of benzene rings is 1. The van der Waals surface area contributed by atoms with E-state index >= 15 is 0 Å². The highest BCUT2D eigenvalue weighted by Crippen LogP contribution is 2.30. The highest BCUT2D eigenvalue weighted by molar-refractivity contribution is 7.94. The SMILES string of the molecule is O=CNc1cn2cc(-c3ccccc3OCCSF)ccc2n1. The van der Waals surface area contributed by atoms with Crippen LogP contribution in [0, 0.1) is 0 Å². The highest BCUT2D eigenvalue weighted by Gasteiger charge is 2.08. The number of fused-ring (bicyclic) bond motifs is 1. The second-order valence-corrected chi connectivity index (χ2v) is 5.36. The Balaban J connectivity index is 1.94. The molecule has 0 aliphatic carbocycles. The van der Waals surface area contributed by atoms with Gasteiger partial charge < -0.3 is 14.5 Å². The van der Waals surface area contributed by atoms with Crippen LogP contribution in [0.2, 0.25) is 0 Å². The van der Waals surface area contributed by atoms with Crippen molar-refractivity contribution in [2.75, 3.05) is 17.7 Å². The zero-order chi connectivity index (χ0) is 16.1. The predicted octanol–water partition coefficient (Wildman–Crippen LogP) is 3.57. The fourth-order valence-corrected chi connectivity index (χ4v) is 2.44. The molecule has 5 nitrogen and oxygen atoms in total. The van der Waals surface area contributed by atoms with Gasteiger partial charge >= 0.3 is 0 Å². The van der Waals surface area contributed by atoms with Gasteiger partial charge in [-0.2, -0.15) is 3.89 Å². The lowest BCUT2D eigenvalue weighted by molar-refractivity contribution is -0.105.